The van der Waals surface area contributed by atoms with Crippen molar-refractivity contribution in [3.05, 3.63) is 180 Å². The SMILES string of the molecule is C1=CCCC(C2(c3ccccc3)c3ccccc3Sc3c(-c4nc(-c5cccc6ccccc56)c5sc6ccccc6c5n4)cccc32)=C1. The van der Waals surface area contributed by atoms with E-state index in [0.29, 0.717) is 0 Å². The van der Waals surface area contributed by atoms with Crippen LogP contribution in [0, 0.1) is 0 Å². The van der Waals surface area contributed by atoms with Crippen LogP contribution in [-0.2, 0) is 5.41 Å². The van der Waals surface area contributed by atoms with Crippen molar-refractivity contribution in [2.45, 2.75) is 28.0 Å². The molecule has 8 aromatic rings. The molecule has 3 heterocycles. The first-order valence-electron chi connectivity index (χ1n) is 16.8. The number of benzene rings is 6. The third kappa shape index (κ3) is 4.34. The van der Waals surface area contributed by atoms with Crippen molar-refractivity contribution < 1.29 is 0 Å². The largest absolute Gasteiger partial charge is 0.226 e. The minimum Gasteiger partial charge on any atom is -0.226 e. The van der Waals surface area contributed by atoms with Gasteiger partial charge in [0.25, 0.3) is 0 Å². The third-order valence-electron chi connectivity index (χ3n) is 10.1. The summed E-state index contributed by atoms with van der Waals surface area (Å²) in [5.74, 6) is 0.766. The molecular formula is C45H30N2S2. The Morgan fingerprint density at radius 3 is 2.24 bits per heavy atom. The van der Waals surface area contributed by atoms with Crippen LogP contribution in [0.15, 0.2) is 173 Å². The Kier molecular flexibility index (Phi) is 6.68. The van der Waals surface area contributed by atoms with E-state index in [0.717, 1.165) is 45.7 Å². The summed E-state index contributed by atoms with van der Waals surface area (Å²) in [6.07, 6.45) is 8.92. The highest BCUT2D eigenvalue weighted by Crippen LogP contribution is 2.58. The topological polar surface area (TPSA) is 25.8 Å². The normalized spacial score (nSPS) is 16.9. The van der Waals surface area contributed by atoms with Crippen LogP contribution in [0.4, 0.5) is 0 Å². The Morgan fingerprint density at radius 1 is 0.612 bits per heavy atom. The summed E-state index contributed by atoms with van der Waals surface area (Å²) in [5.41, 5.74) is 9.14. The van der Waals surface area contributed by atoms with Crippen LogP contribution in [0.1, 0.15) is 29.5 Å². The van der Waals surface area contributed by atoms with Crippen molar-refractivity contribution in [1.29, 1.82) is 0 Å². The van der Waals surface area contributed by atoms with Crippen molar-refractivity contribution in [2.75, 3.05) is 0 Å². The molecule has 1 aliphatic heterocycles. The highest BCUT2D eigenvalue weighted by Gasteiger charge is 2.46. The number of rotatable bonds is 4. The van der Waals surface area contributed by atoms with E-state index in [9.17, 15) is 0 Å². The van der Waals surface area contributed by atoms with E-state index in [4.69, 9.17) is 9.97 Å². The number of hydrogen-bond donors (Lipinski definition) is 0. The molecule has 0 fully saturated rings. The number of thiophene rings is 1. The lowest BCUT2D eigenvalue weighted by molar-refractivity contribution is 0.646. The summed E-state index contributed by atoms with van der Waals surface area (Å²) in [6.45, 7) is 0. The molecule has 1 aliphatic carbocycles. The molecular weight excluding hydrogens is 633 g/mol. The van der Waals surface area contributed by atoms with Crippen LogP contribution in [0.3, 0.4) is 0 Å². The number of fused-ring (bicyclic) bond motifs is 6. The number of nitrogens with zero attached hydrogens (tertiary/aromatic N) is 2. The fourth-order valence-electron chi connectivity index (χ4n) is 8.01. The maximum atomic E-state index is 5.54. The second-order valence-corrected chi connectivity index (χ2v) is 14.9. The Labute approximate surface area is 293 Å². The second-order valence-electron chi connectivity index (χ2n) is 12.8. The van der Waals surface area contributed by atoms with Crippen molar-refractivity contribution in [3.8, 4) is 22.6 Å². The maximum Gasteiger partial charge on any atom is 0.161 e. The molecule has 49 heavy (non-hydrogen) atoms. The van der Waals surface area contributed by atoms with Gasteiger partial charge in [-0.05, 0) is 52.4 Å². The molecule has 0 N–H and O–H groups in total. The quantitative estimate of drug-likeness (QED) is 0.188. The van der Waals surface area contributed by atoms with E-state index >= 15 is 0 Å². The van der Waals surface area contributed by atoms with Gasteiger partial charge >= 0.3 is 0 Å². The van der Waals surface area contributed by atoms with Gasteiger partial charge in [-0.15, -0.1) is 11.3 Å². The Balaban J connectivity index is 1.30. The summed E-state index contributed by atoms with van der Waals surface area (Å²) >= 11 is 3.64. The smallest absolute Gasteiger partial charge is 0.161 e. The van der Waals surface area contributed by atoms with E-state index in [2.05, 4.69) is 158 Å². The summed E-state index contributed by atoms with van der Waals surface area (Å²) in [4.78, 5) is 13.5. The molecule has 232 valence electrons. The fourth-order valence-corrected chi connectivity index (χ4v) is 10.5. The van der Waals surface area contributed by atoms with Crippen molar-refractivity contribution in [3.63, 3.8) is 0 Å². The molecule has 0 bridgehead atoms. The molecule has 0 radical (unpaired) electrons. The van der Waals surface area contributed by atoms with E-state index in [1.165, 1.54) is 52.9 Å². The summed E-state index contributed by atoms with van der Waals surface area (Å²) in [5, 5.41) is 3.58. The average Bonchev–Trinajstić information content (AvgIpc) is 3.56. The van der Waals surface area contributed by atoms with Crippen LogP contribution >= 0.6 is 23.1 Å². The molecule has 0 spiro atoms. The third-order valence-corrected chi connectivity index (χ3v) is 12.5. The highest BCUT2D eigenvalue weighted by molar-refractivity contribution is 7.99. The molecule has 4 heteroatoms. The molecule has 10 rings (SSSR count). The van der Waals surface area contributed by atoms with Gasteiger partial charge in [0.05, 0.1) is 21.3 Å². The lowest BCUT2D eigenvalue weighted by atomic mass is 9.62. The van der Waals surface area contributed by atoms with Gasteiger partial charge < -0.3 is 0 Å². The van der Waals surface area contributed by atoms with Gasteiger partial charge in [-0.25, -0.2) is 9.97 Å². The van der Waals surface area contributed by atoms with Crippen LogP contribution in [0.2, 0.25) is 0 Å². The first-order valence-corrected chi connectivity index (χ1v) is 18.4. The van der Waals surface area contributed by atoms with E-state index < -0.39 is 5.41 Å². The lowest BCUT2D eigenvalue weighted by Crippen LogP contribution is -2.35. The summed E-state index contributed by atoms with van der Waals surface area (Å²) in [6, 6.07) is 50.7. The zero-order chi connectivity index (χ0) is 32.4. The molecule has 0 saturated carbocycles. The second kappa shape index (κ2) is 11.4. The fraction of sp³-hybridized carbons (Fsp3) is 0.0667. The van der Waals surface area contributed by atoms with Gasteiger partial charge in [0, 0.05) is 31.0 Å². The van der Waals surface area contributed by atoms with Crippen molar-refractivity contribution >= 4 is 54.2 Å². The number of aromatic nitrogens is 2. The lowest BCUT2D eigenvalue weighted by Gasteiger charge is -2.44. The summed E-state index contributed by atoms with van der Waals surface area (Å²) in [7, 11) is 0. The van der Waals surface area contributed by atoms with E-state index in [1.54, 1.807) is 11.3 Å². The summed E-state index contributed by atoms with van der Waals surface area (Å²) < 4.78 is 2.35. The van der Waals surface area contributed by atoms with Crippen LogP contribution in [-0.4, -0.2) is 9.97 Å². The minimum atomic E-state index is -0.434. The van der Waals surface area contributed by atoms with Gasteiger partial charge in [0.2, 0.25) is 0 Å². The number of allylic oxidation sites excluding steroid dienone is 4. The van der Waals surface area contributed by atoms with Crippen molar-refractivity contribution in [2.24, 2.45) is 0 Å². The molecule has 1 unspecified atom stereocenters. The molecule has 0 saturated heterocycles. The average molecular weight is 663 g/mol. The molecule has 6 aromatic carbocycles. The first-order chi connectivity index (χ1) is 24.3. The van der Waals surface area contributed by atoms with Gasteiger partial charge in [-0.3, -0.25) is 0 Å². The highest BCUT2D eigenvalue weighted by atomic mass is 32.2. The first kappa shape index (κ1) is 28.7. The molecule has 2 nitrogen and oxygen atoms in total. The standard InChI is InChI=1S/C45H30N2S2/c1-3-17-30(18-4-1)45(31-19-5-2-6-20-31)36-25-10-12-28-39(36)49-42-35(24-14-26-37(42)45)44-46-40(33-23-13-16-29-15-7-8-21-32(29)33)43-41(47-44)34-22-9-11-27-38(34)48-43/h1-5,7-19,21-28H,6,20H2. The molecule has 1 atom stereocenters. The van der Waals surface area contributed by atoms with E-state index in [1.807, 2.05) is 11.8 Å². The van der Waals surface area contributed by atoms with Crippen LogP contribution in [0.25, 0.3) is 53.7 Å². The van der Waals surface area contributed by atoms with Crippen molar-refractivity contribution in [1.82, 2.24) is 9.97 Å². The van der Waals surface area contributed by atoms with Crippen LogP contribution in [0.5, 0.6) is 0 Å². The molecule has 2 aliphatic rings. The predicted octanol–water partition coefficient (Wildman–Crippen LogP) is 12.4. The minimum absolute atomic E-state index is 0.434. The van der Waals surface area contributed by atoms with Gasteiger partial charge in [-0.2, -0.15) is 0 Å². The zero-order valence-electron chi connectivity index (χ0n) is 26.6. The van der Waals surface area contributed by atoms with Gasteiger partial charge in [-0.1, -0.05) is 163 Å². The Hall–Kier alpha value is -5.29. The Bertz CT molecular complexity index is 2640. The Morgan fingerprint density at radius 2 is 1.35 bits per heavy atom. The van der Waals surface area contributed by atoms with Gasteiger partial charge in [0.15, 0.2) is 5.82 Å². The monoisotopic (exact) mass is 662 g/mol. The zero-order valence-corrected chi connectivity index (χ0v) is 28.3. The maximum absolute atomic E-state index is 5.54. The number of hydrogen-bond acceptors (Lipinski definition) is 4. The van der Waals surface area contributed by atoms with Gasteiger partial charge in [0.1, 0.15) is 0 Å². The molecule has 0 amide bonds. The molecule has 2 aromatic heterocycles. The van der Waals surface area contributed by atoms with Crippen LogP contribution < -0.4 is 0 Å². The van der Waals surface area contributed by atoms with E-state index in [-0.39, 0.29) is 0 Å². The predicted molar refractivity (Wildman–Crippen MR) is 207 cm³/mol.